The van der Waals surface area contributed by atoms with Crippen molar-refractivity contribution in [2.45, 2.75) is 92.0 Å². The normalized spacial score (nSPS) is 14.4. The van der Waals surface area contributed by atoms with E-state index in [-0.39, 0.29) is 0 Å². The first-order valence-corrected chi connectivity index (χ1v) is 8.58. The standard InChI is InChI=1S/C18H34N2/c1-5-7-9-10-11-13-18(4,12-8-6-2)15-20-14-17(3)19-16-20/h14,16H,5-13,15H2,1-4H3. The van der Waals surface area contributed by atoms with Crippen LogP contribution in [0.15, 0.2) is 12.5 Å². The van der Waals surface area contributed by atoms with E-state index in [1.54, 1.807) is 0 Å². The third-order valence-electron chi connectivity index (χ3n) is 4.34. The number of nitrogens with zero attached hydrogens (tertiary/aromatic N) is 2. The van der Waals surface area contributed by atoms with Crippen molar-refractivity contribution in [1.29, 1.82) is 0 Å². The molecule has 0 fully saturated rings. The lowest BCUT2D eigenvalue weighted by Gasteiger charge is -2.30. The second kappa shape index (κ2) is 9.20. The summed E-state index contributed by atoms with van der Waals surface area (Å²) in [5.74, 6) is 0. The van der Waals surface area contributed by atoms with Crippen molar-refractivity contribution in [3.8, 4) is 0 Å². The molecule has 0 radical (unpaired) electrons. The molecule has 20 heavy (non-hydrogen) atoms. The summed E-state index contributed by atoms with van der Waals surface area (Å²) < 4.78 is 2.29. The lowest BCUT2D eigenvalue weighted by Crippen LogP contribution is -2.23. The van der Waals surface area contributed by atoms with E-state index in [1.165, 1.54) is 57.8 Å². The largest absolute Gasteiger partial charge is 0.337 e. The van der Waals surface area contributed by atoms with Gasteiger partial charge in [-0.15, -0.1) is 0 Å². The summed E-state index contributed by atoms with van der Waals surface area (Å²) in [5.41, 5.74) is 1.57. The molecule has 1 unspecified atom stereocenters. The molecule has 1 atom stereocenters. The first-order chi connectivity index (χ1) is 9.59. The van der Waals surface area contributed by atoms with Crippen molar-refractivity contribution >= 4 is 0 Å². The van der Waals surface area contributed by atoms with Crippen LogP contribution in [0.25, 0.3) is 0 Å². The summed E-state index contributed by atoms with van der Waals surface area (Å²) in [6.45, 7) is 10.2. The SMILES string of the molecule is CCCCCCCC(C)(CCCC)Cn1cnc(C)c1. The van der Waals surface area contributed by atoms with Gasteiger partial charge in [-0.25, -0.2) is 4.98 Å². The van der Waals surface area contributed by atoms with Crippen molar-refractivity contribution in [2.75, 3.05) is 0 Å². The van der Waals surface area contributed by atoms with E-state index in [2.05, 4.69) is 43.4 Å². The van der Waals surface area contributed by atoms with Crippen LogP contribution < -0.4 is 0 Å². The van der Waals surface area contributed by atoms with Crippen LogP contribution in [-0.2, 0) is 6.54 Å². The Balaban J connectivity index is 2.47. The van der Waals surface area contributed by atoms with Gasteiger partial charge < -0.3 is 4.57 Å². The Hall–Kier alpha value is -0.790. The Morgan fingerprint density at radius 1 is 1.00 bits per heavy atom. The predicted octanol–water partition coefficient (Wildman–Crippen LogP) is 5.75. The van der Waals surface area contributed by atoms with Gasteiger partial charge in [0.1, 0.15) is 0 Å². The van der Waals surface area contributed by atoms with Crippen LogP contribution in [0.2, 0.25) is 0 Å². The molecule has 1 heterocycles. The van der Waals surface area contributed by atoms with Crippen LogP contribution in [0.5, 0.6) is 0 Å². The zero-order chi connectivity index (χ0) is 14.8. The summed E-state index contributed by atoms with van der Waals surface area (Å²) in [6, 6.07) is 0. The summed E-state index contributed by atoms with van der Waals surface area (Å²) in [4.78, 5) is 4.36. The minimum Gasteiger partial charge on any atom is -0.337 e. The lowest BCUT2D eigenvalue weighted by atomic mass is 9.79. The van der Waals surface area contributed by atoms with Crippen LogP contribution >= 0.6 is 0 Å². The highest BCUT2D eigenvalue weighted by Gasteiger charge is 2.23. The molecule has 0 saturated heterocycles. The molecule has 0 aliphatic carbocycles. The number of hydrogen-bond donors (Lipinski definition) is 0. The van der Waals surface area contributed by atoms with Crippen LogP contribution in [0, 0.1) is 12.3 Å². The number of imidazole rings is 1. The summed E-state index contributed by atoms with van der Waals surface area (Å²) >= 11 is 0. The van der Waals surface area contributed by atoms with E-state index in [1.807, 2.05) is 6.33 Å². The number of aryl methyl sites for hydroxylation is 1. The van der Waals surface area contributed by atoms with Crippen LogP contribution in [-0.4, -0.2) is 9.55 Å². The highest BCUT2D eigenvalue weighted by atomic mass is 15.0. The zero-order valence-corrected chi connectivity index (χ0v) is 14.1. The van der Waals surface area contributed by atoms with Crippen molar-refractivity contribution in [3.63, 3.8) is 0 Å². The van der Waals surface area contributed by atoms with Crippen LogP contribution in [0.4, 0.5) is 0 Å². The number of rotatable bonds is 11. The van der Waals surface area contributed by atoms with Gasteiger partial charge in [0.25, 0.3) is 0 Å². The summed E-state index contributed by atoms with van der Waals surface area (Å²) in [7, 11) is 0. The predicted molar refractivity (Wildman–Crippen MR) is 88.0 cm³/mol. The topological polar surface area (TPSA) is 17.8 Å². The Kier molecular flexibility index (Phi) is 7.94. The quantitative estimate of drug-likeness (QED) is 0.471. The molecule has 0 N–H and O–H groups in total. The monoisotopic (exact) mass is 278 g/mol. The Labute approximate surface area is 126 Å². The molecule has 0 aromatic carbocycles. The van der Waals surface area contributed by atoms with E-state index in [0.717, 1.165) is 12.2 Å². The average Bonchev–Trinajstić information content (AvgIpc) is 2.81. The zero-order valence-electron chi connectivity index (χ0n) is 14.1. The third-order valence-corrected chi connectivity index (χ3v) is 4.34. The van der Waals surface area contributed by atoms with Gasteiger partial charge in [0.2, 0.25) is 0 Å². The van der Waals surface area contributed by atoms with Crippen LogP contribution in [0.3, 0.4) is 0 Å². The van der Waals surface area contributed by atoms with E-state index in [9.17, 15) is 0 Å². The van der Waals surface area contributed by atoms with Crippen molar-refractivity contribution < 1.29 is 0 Å². The fourth-order valence-corrected chi connectivity index (χ4v) is 3.04. The molecule has 0 aliphatic heterocycles. The number of hydrogen-bond acceptors (Lipinski definition) is 1. The van der Waals surface area contributed by atoms with E-state index >= 15 is 0 Å². The van der Waals surface area contributed by atoms with Crippen molar-refractivity contribution in [2.24, 2.45) is 5.41 Å². The molecule has 0 saturated carbocycles. The Morgan fingerprint density at radius 2 is 1.65 bits per heavy atom. The molecule has 116 valence electrons. The van der Waals surface area contributed by atoms with Gasteiger partial charge >= 0.3 is 0 Å². The molecule has 2 heteroatoms. The van der Waals surface area contributed by atoms with Gasteiger partial charge in [0.05, 0.1) is 12.0 Å². The fraction of sp³-hybridized carbons (Fsp3) is 0.833. The molecule has 1 aromatic rings. The average molecular weight is 278 g/mol. The van der Waals surface area contributed by atoms with Gasteiger partial charge in [-0.05, 0) is 25.2 Å². The minimum atomic E-state index is 0.440. The Bertz CT molecular complexity index is 356. The molecule has 0 bridgehead atoms. The maximum Gasteiger partial charge on any atom is 0.0949 e. The molecule has 0 amide bonds. The smallest absolute Gasteiger partial charge is 0.0949 e. The maximum absolute atomic E-state index is 4.36. The number of aromatic nitrogens is 2. The molecule has 1 aromatic heterocycles. The second-order valence-electron chi connectivity index (χ2n) is 6.77. The molecule has 1 rings (SSSR count). The van der Waals surface area contributed by atoms with Gasteiger partial charge in [-0.2, -0.15) is 0 Å². The van der Waals surface area contributed by atoms with Crippen molar-refractivity contribution in [3.05, 3.63) is 18.2 Å². The highest BCUT2D eigenvalue weighted by Crippen LogP contribution is 2.33. The van der Waals surface area contributed by atoms with Gasteiger partial charge in [0.15, 0.2) is 0 Å². The number of unbranched alkanes of at least 4 members (excludes halogenated alkanes) is 5. The minimum absolute atomic E-state index is 0.440. The van der Waals surface area contributed by atoms with Gasteiger partial charge in [0, 0.05) is 12.7 Å². The third kappa shape index (κ3) is 6.58. The van der Waals surface area contributed by atoms with Crippen molar-refractivity contribution in [1.82, 2.24) is 9.55 Å². The molecule has 0 spiro atoms. The fourth-order valence-electron chi connectivity index (χ4n) is 3.04. The summed E-state index contributed by atoms with van der Waals surface area (Å²) in [5, 5.41) is 0. The first-order valence-electron chi connectivity index (χ1n) is 8.58. The molecular weight excluding hydrogens is 244 g/mol. The highest BCUT2D eigenvalue weighted by molar-refractivity contribution is 4.93. The molecule has 2 nitrogen and oxygen atoms in total. The molecular formula is C18H34N2. The van der Waals surface area contributed by atoms with Gasteiger partial charge in [-0.3, -0.25) is 0 Å². The Morgan fingerprint density at radius 3 is 2.25 bits per heavy atom. The van der Waals surface area contributed by atoms with Crippen LogP contribution in [0.1, 0.15) is 84.3 Å². The second-order valence-corrected chi connectivity index (χ2v) is 6.77. The van der Waals surface area contributed by atoms with E-state index in [4.69, 9.17) is 0 Å². The lowest BCUT2D eigenvalue weighted by molar-refractivity contribution is 0.214. The van der Waals surface area contributed by atoms with E-state index in [0.29, 0.717) is 5.41 Å². The van der Waals surface area contributed by atoms with Gasteiger partial charge in [-0.1, -0.05) is 65.7 Å². The maximum atomic E-state index is 4.36. The summed E-state index contributed by atoms with van der Waals surface area (Å²) in [6.07, 6.45) is 16.4. The van der Waals surface area contributed by atoms with E-state index < -0.39 is 0 Å². The first kappa shape index (κ1) is 17.3. The molecule has 0 aliphatic rings.